The van der Waals surface area contributed by atoms with Gasteiger partial charge in [0.05, 0.1) is 66.1 Å². The van der Waals surface area contributed by atoms with Crippen molar-refractivity contribution in [2.45, 2.75) is 335 Å². The number of carbonyl (C=O) groups is 4. The van der Waals surface area contributed by atoms with Crippen molar-refractivity contribution in [3.05, 3.63) is 0 Å². The van der Waals surface area contributed by atoms with Crippen LogP contribution in [0.25, 0.3) is 0 Å². The largest absolute Gasteiger partial charge is 0.394 e. The fourth-order valence-electron chi connectivity index (χ4n) is 15.9. The minimum absolute atomic E-state index is 0.811. The van der Waals surface area contributed by atoms with Crippen LogP contribution in [-0.4, -0.2) is 539 Å². The minimum Gasteiger partial charge on any atom is -0.394 e. The quantitative estimate of drug-likeness (QED) is 0.0297. The van der Waals surface area contributed by atoms with Crippen LogP contribution in [0.15, 0.2) is 0 Å². The van der Waals surface area contributed by atoms with Gasteiger partial charge in [-0.2, -0.15) is 0 Å². The van der Waals surface area contributed by atoms with Gasteiger partial charge in [-0.25, -0.2) is 0 Å². The Balaban J connectivity index is 1.03. The summed E-state index contributed by atoms with van der Waals surface area (Å²) in [6, 6.07) is -7.60. The number of nitrogens with one attached hydrogen (secondary N) is 4. The van der Waals surface area contributed by atoms with E-state index in [1.807, 2.05) is 0 Å². The van der Waals surface area contributed by atoms with Crippen LogP contribution in [0.4, 0.5) is 0 Å². The number of carbonyl (C=O) groups excluding carboxylic acids is 4. The fraction of sp³-hybridized carbons (Fsp3) is 0.941. The number of hydrogen-bond acceptors (Lipinski definition) is 51. The Labute approximate surface area is 695 Å². The summed E-state index contributed by atoms with van der Waals surface area (Å²) in [5.41, 5.74) is 0. The molecule has 10 aliphatic rings. The van der Waals surface area contributed by atoms with Gasteiger partial charge in [-0.1, -0.05) is 0 Å². The van der Waals surface area contributed by atoms with E-state index in [-0.39, 0.29) is 0 Å². The van der Waals surface area contributed by atoms with Crippen molar-refractivity contribution in [2.75, 3.05) is 66.1 Å². The second-order valence-electron chi connectivity index (χ2n) is 31.0. The zero-order valence-corrected chi connectivity index (χ0v) is 65.9. The van der Waals surface area contributed by atoms with Crippen LogP contribution >= 0.6 is 0 Å². The molecular weight excluding hydrogens is 1690 g/mol. The van der Waals surface area contributed by atoms with Gasteiger partial charge in [0, 0.05) is 27.7 Å². The third-order valence-corrected chi connectivity index (χ3v) is 22.5. The second kappa shape index (κ2) is 44.3. The standard InChI is InChI=1S/C68H114N4O51/c1-15(81)69-29-40(92)52(23(9-77)107-59(29)104)117-61-31(71-17(3)83)42(94)54(25(11-79)112-61)120-67-51(103)57(38(90)28(116-67)14-106-64-50(102)56(121-66-48(100)45(97)36(88)22(8-76)111-66)37(89)27(115-64)13-105-63-46(98)43(95)34(86)20(6-74)109-63)122-68-58(123-60-30(70-16(2)82)39(91)33(85)19(5-73)108-60)49(101)55(26(12-80)114-68)118-62-32(72-18(4)84)41(93)53(24(10-78)113-62)119-65-47(99)44(96)35(87)21(7-75)110-65/h19-68,73-80,85-104H,5-14H2,1-4H3,(H,69,81)(H,70,82)(H,71,83)(H,72,84)/t19-,20-,21-,22-,23-,24-,25-,26-,27-,28-,29-,30-,31-,32-,33-,34-,35+,36-,37-,38-,39-,40-,41-,42-,43+,44+,45+,46+,47-,48+,49+,50+,51-,52-,53-,54-,55-,56+,57+,58+,59-,60+,61+,62+,63+,64+,65+,66-,67+,68-/m1/s1. The summed E-state index contributed by atoms with van der Waals surface area (Å²) in [6.45, 7) is -7.48. The highest BCUT2D eigenvalue weighted by Gasteiger charge is 2.62. The highest BCUT2D eigenvalue weighted by atomic mass is 16.8. The van der Waals surface area contributed by atoms with E-state index in [1.54, 1.807) is 0 Å². The summed E-state index contributed by atoms with van der Waals surface area (Å²) in [5, 5.41) is 322. The number of aliphatic hydroxyl groups is 28. The molecule has 55 nitrogen and oxygen atoms in total. The van der Waals surface area contributed by atoms with Gasteiger partial charge in [0.25, 0.3) is 0 Å². The molecule has 0 aromatic carbocycles. The Morgan fingerprint density at radius 1 is 0.211 bits per heavy atom. The summed E-state index contributed by atoms with van der Waals surface area (Å²) in [5.74, 6) is -3.73. The molecular formula is C68H114N4O51. The number of aliphatic hydroxyl groups excluding tert-OH is 28. The van der Waals surface area contributed by atoms with Gasteiger partial charge in [0.1, 0.15) is 244 Å². The maximum atomic E-state index is 13.1. The van der Waals surface area contributed by atoms with Crippen molar-refractivity contribution in [1.29, 1.82) is 0 Å². The molecule has 123 heavy (non-hydrogen) atoms. The number of amides is 4. The average molecular weight is 1800 g/mol. The van der Waals surface area contributed by atoms with E-state index < -0.39 is 397 Å². The molecule has 0 aliphatic carbocycles. The van der Waals surface area contributed by atoms with Crippen LogP contribution in [0.5, 0.6) is 0 Å². The third-order valence-electron chi connectivity index (χ3n) is 22.5. The Bertz CT molecular complexity index is 3310. The molecule has 10 fully saturated rings. The molecule has 50 atom stereocenters. The topological polar surface area (TPSA) is 858 Å². The number of ether oxygens (including phenoxy) is 19. The van der Waals surface area contributed by atoms with Crippen LogP contribution in [0, 0.1) is 0 Å². The van der Waals surface area contributed by atoms with Crippen molar-refractivity contribution >= 4 is 23.6 Å². The lowest BCUT2D eigenvalue weighted by atomic mass is 9.93. The molecule has 0 saturated carbocycles. The summed E-state index contributed by atoms with van der Waals surface area (Å²) < 4.78 is 113. The summed E-state index contributed by atoms with van der Waals surface area (Å²) >= 11 is 0. The smallest absolute Gasteiger partial charge is 0.217 e. The Hall–Kier alpha value is -4.00. The van der Waals surface area contributed by atoms with Crippen molar-refractivity contribution in [2.24, 2.45) is 0 Å². The van der Waals surface area contributed by atoms with Crippen molar-refractivity contribution in [1.82, 2.24) is 21.3 Å². The minimum atomic E-state index is -2.68. The molecule has 0 aromatic heterocycles. The Morgan fingerprint density at radius 3 is 0.829 bits per heavy atom. The van der Waals surface area contributed by atoms with Crippen LogP contribution < -0.4 is 21.3 Å². The van der Waals surface area contributed by atoms with E-state index in [0.29, 0.717) is 0 Å². The zero-order chi connectivity index (χ0) is 90.5. The SMILES string of the molecule is CC(=O)N[C@@H]1[C@@H](O)[C@H](O[C@@H]2O[C@H](CO)[C@@H](O[C@@H]3O[C@H](CO[C@H]4O[C@H](CO[C@H]5O[C@H](CO)[C@@H](O)[C@H](O)[C@@H]5O)[C@@H](O)[C@H](O[C@H]5O[C@H](CO)[C@@H](O)[C@H](O)[C@@H]5O)[C@@H]4O)[C@@H](O)[C@H](O[C@H]4O[C@H](CO)[C@@H](O[C@@H]5O[C@H](CO)[C@@H](O[C@@H]6O[C@H](CO)[C@H](O)[C@H](O)[C@H]6O)[C@H](O)[C@H]5NC(C)=O)[C@H](O)[C@@H]4O[C@@H]4O[C@H](CO)[C@@H](O)[C@H](O)[C@H]4NC(C)=O)[C@H]3O)[C@H](O)[C@H]2NC(C)=O)[C@@H](CO)O[C@H]1O. The highest BCUT2D eigenvalue weighted by molar-refractivity contribution is 5.74. The molecule has 0 radical (unpaired) electrons. The van der Waals surface area contributed by atoms with E-state index in [4.69, 9.17) is 90.0 Å². The molecule has 0 unspecified atom stereocenters. The van der Waals surface area contributed by atoms with Gasteiger partial charge in [0.15, 0.2) is 62.9 Å². The first-order valence-electron chi connectivity index (χ1n) is 39.1. The molecule has 10 heterocycles. The predicted octanol–water partition coefficient (Wildman–Crippen LogP) is -22.2. The predicted molar refractivity (Wildman–Crippen MR) is 376 cm³/mol. The zero-order valence-electron chi connectivity index (χ0n) is 65.9. The first-order chi connectivity index (χ1) is 58.2. The van der Waals surface area contributed by atoms with Crippen molar-refractivity contribution in [3.63, 3.8) is 0 Å². The van der Waals surface area contributed by atoms with Gasteiger partial charge >= 0.3 is 0 Å². The Morgan fingerprint density at radius 2 is 0.447 bits per heavy atom. The first-order valence-corrected chi connectivity index (χ1v) is 39.1. The van der Waals surface area contributed by atoms with Gasteiger partial charge < -0.3 is 254 Å². The molecule has 10 saturated heterocycles. The molecule has 10 rings (SSSR count). The molecule has 0 spiro atoms. The summed E-state index contributed by atoms with van der Waals surface area (Å²) in [4.78, 5) is 51.3. The number of hydrogen-bond donors (Lipinski definition) is 32. The Kier molecular flexibility index (Phi) is 36.4. The first kappa shape index (κ1) is 101. The van der Waals surface area contributed by atoms with Gasteiger partial charge in [-0.15, -0.1) is 0 Å². The molecule has 10 aliphatic heterocycles. The molecule has 55 heteroatoms. The van der Waals surface area contributed by atoms with E-state index in [9.17, 15) is 162 Å². The van der Waals surface area contributed by atoms with Gasteiger partial charge in [0.2, 0.25) is 23.6 Å². The van der Waals surface area contributed by atoms with E-state index in [1.165, 1.54) is 0 Å². The van der Waals surface area contributed by atoms with Gasteiger partial charge in [-0.3, -0.25) is 19.2 Å². The van der Waals surface area contributed by atoms with Crippen molar-refractivity contribution < 1.29 is 252 Å². The lowest BCUT2D eigenvalue weighted by Gasteiger charge is -2.52. The molecule has 0 aromatic rings. The molecule has 4 amide bonds. The normalized spacial score (nSPS) is 49.4. The fourth-order valence-corrected chi connectivity index (χ4v) is 15.9. The summed E-state index contributed by atoms with van der Waals surface area (Å²) in [6.07, 6.45) is -98.4. The van der Waals surface area contributed by atoms with Crippen LogP contribution in [0.3, 0.4) is 0 Å². The van der Waals surface area contributed by atoms with E-state index in [0.717, 1.165) is 27.7 Å². The molecule has 0 bridgehead atoms. The lowest BCUT2D eigenvalue weighted by Crippen LogP contribution is -2.71. The van der Waals surface area contributed by atoms with E-state index in [2.05, 4.69) is 21.3 Å². The third kappa shape index (κ3) is 22.4. The maximum absolute atomic E-state index is 13.1. The number of rotatable bonds is 32. The van der Waals surface area contributed by atoms with Crippen molar-refractivity contribution in [3.8, 4) is 0 Å². The van der Waals surface area contributed by atoms with E-state index >= 15 is 0 Å². The second-order valence-corrected chi connectivity index (χ2v) is 31.0. The average Bonchev–Trinajstić information content (AvgIpc) is 0.806. The molecule has 712 valence electrons. The van der Waals surface area contributed by atoms with Gasteiger partial charge in [-0.05, 0) is 0 Å². The molecule has 32 N–H and O–H groups in total. The lowest BCUT2D eigenvalue weighted by molar-refractivity contribution is -0.404. The van der Waals surface area contributed by atoms with Crippen LogP contribution in [0.2, 0.25) is 0 Å². The monoisotopic (exact) mass is 1800 g/mol. The highest BCUT2D eigenvalue weighted by Crippen LogP contribution is 2.41. The summed E-state index contributed by atoms with van der Waals surface area (Å²) in [7, 11) is 0. The maximum Gasteiger partial charge on any atom is 0.217 e. The van der Waals surface area contributed by atoms with Crippen LogP contribution in [0.1, 0.15) is 27.7 Å². The van der Waals surface area contributed by atoms with Crippen LogP contribution in [-0.2, 0) is 109 Å².